The van der Waals surface area contributed by atoms with Gasteiger partial charge in [-0.15, -0.1) is 11.3 Å². The minimum Gasteiger partial charge on any atom is -0.377 e. The van der Waals surface area contributed by atoms with Crippen molar-refractivity contribution in [3.63, 3.8) is 0 Å². The zero-order valence-corrected chi connectivity index (χ0v) is 12.9. The number of hydrogen-bond acceptors (Lipinski definition) is 4. The van der Waals surface area contributed by atoms with Crippen molar-refractivity contribution in [1.29, 1.82) is 0 Å². The standard InChI is InChI=1S/C16H22N2OS/c1-11-14(7-8-19-11)18(2)15(9-17)13-10-20-16-6-4-3-5-12(13)16/h3-6,10-11,14-15H,7-9,17H2,1-2H3. The van der Waals surface area contributed by atoms with Crippen LogP contribution in [-0.2, 0) is 4.74 Å². The summed E-state index contributed by atoms with van der Waals surface area (Å²) in [6, 6.07) is 9.30. The normalized spacial score (nSPS) is 24.6. The number of thiophene rings is 1. The predicted octanol–water partition coefficient (Wildman–Crippen LogP) is 3.01. The molecule has 1 aromatic heterocycles. The van der Waals surface area contributed by atoms with Gasteiger partial charge in [-0.25, -0.2) is 0 Å². The predicted molar refractivity (Wildman–Crippen MR) is 85.2 cm³/mol. The summed E-state index contributed by atoms with van der Waals surface area (Å²) in [6.07, 6.45) is 1.38. The molecule has 1 aromatic carbocycles. The minimum absolute atomic E-state index is 0.264. The van der Waals surface area contributed by atoms with Crippen LogP contribution in [0.5, 0.6) is 0 Å². The van der Waals surface area contributed by atoms with E-state index in [1.165, 1.54) is 15.6 Å². The molecule has 1 aliphatic rings. The Balaban J connectivity index is 1.93. The quantitative estimate of drug-likeness (QED) is 0.940. The summed E-state index contributed by atoms with van der Waals surface area (Å²) in [4.78, 5) is 2.41. The zero-order chi connectivity index (χ0) is 14.1. The topological polar surface area (TPSA) is 38.5 Å². The number of hydrogen-bond donors (Lipinski definition) is 1. The highest BCUT2D eigenvalue weighted by Gasteiger charge is 2.32. The molecule has 3 nitrogen and oxygen atoms in total. The Hall–Kier alpha value is -0.940. The van der Waals surface area contributed by atoms with Gasteiger partial charge in [0.05, 0.1) is 6.10 Å². The van der Waals surface area contributed by atoms with Gasteiger partial charge in [-0.3, -0.25) is 4.90 Å². The lowest BCUT2D eigenvalue weighted by Gasteiger charge is -2.33. The summed E-state index contributed by atoms with van der Waals surface area (Å²) in [6.45, 7) is 3.66. The van der Waals surface area contributed by atoms with Crippen molar-refractivity contribution in [2.45, 2.75) is 31.5 Å². The van der Waals surface area contributed by atoms with Gasteiger partial charge in [-0.1, -0.05) is 18.2 Å². The maximum Gasteiger partial charge on any atom is 0.0703 e. The first-order chi connectivity index (χ1) is 9.72. The molecule has 108 valence electrons. The molecule has 1 aliphatic heterocycles. The average Bonchev–Trinajstić information content (AvgIpc) is 3.06. The van der Waals surface area contributed by atoms with E-state index in [0.717, 1.165) is 13.0 Å². The van der Waals surface area contributed by atoms with Gasteiger partial charge in [-0.2, -0.15) is 0 Å². The average molecular weight is 290 g/mol. The highest BCUT2D eigenvalue weighted by atomic mass is 32.1. The number of likely N-dealkylation sites (N-methyl/N-ethyl adjacent to an activating group) is 1. The number of ether oxygens (including phenoxy) is 1. The van der Waals surface area contributed by atoms with E-state index < -0.39 is 0 Å². The lowest BCUT2D eigenvalue weighted by Crippen LogP contribution is -2.42. The molecule has 3 rings (SSSR count). The summed E-state index contributed by atoms with van der Waals surface area (Å²) in [7, 11) is 2.18. The van der Waals surface area contributed by atoms with Crippen molar-refractivity contribution < 1.29 is 4.74 Å². The maximum absolute atomic E-state index is 6.09. The molecule has 0 radical (unpaired) electrons. The van der Waals surface area contributed by atoms with Gasteiger partial charge in [0.1, 0.15) is 0 Å². The van der Waals surface area contributed by atoms with Gasteiger partial charge >= 0.3 is 0 Å². The summed E-state index contributed by atoms with van der Waals surface area (Å²) < 4.78 is 7.04. The molecule has 1 saturated heterocycles. The smallest absolute Gasteiger partial charge is 0.0703 e. The molecular weight excluding hydrogens is 268 g/mol. The molecule has 2 N–H and O–H groups in total. The van der Waals surface area contributed by atoms with Crippen LogP contribution in [0.4, 0.5) is 0 Å². The van der Waals surface area contributed by atoms with E-state index in [2.05, 4.69) is 48.5 Å². The second-order valence-corrected chi connectivity index (χ2v) is 6.45. The van der Waals surface area contributed by atoms with Gasteiger partial charge in [0.2, 0.25) is 0 Å². The number of benzene rings is 1. The molecule has 2 aromatic rings. The third-order valence-electron chi connectivity index (χ3n) is 4.44. The van der Waals surface area contributed by atoms with E-state index in [-0.39, 0.29) is 6.04 Å². The minimum atomic E-state index is 0.264. The Morgan fingerprint density at radius 1 is 1.45 bits per heavy atom. The van der Waals surface area contributed by atoms with Gasteiger partial charge in [0.15, 0.2) is 0 Å². The molecular formula is C16H22N2OS. The number of rotatable bonds is 4. The van der Waals surface area contributed by atoms with Crippen LogP contribution in [0.2, 0.25) is 0 Å². The first kappa shape index (κ1) is 14.0. The maximum atomic E-state index is 6.09. The Morgan fingerprint density at radius 2 is 2.25 bits per heavy atom. The van der Waals surface area contributed by atoms with E-state index in [9.17, 15) is 0 Å². The SMILES string of the molecule is CC1OCCC1N(C)C(CN)c1csc2ccccc12. The highest BCUT2D eigenvalue weighted by molar-refractivity contribution is 7.17. The molecule has 4 heteroatoms. The molecule has 1 fully saturated rings. The van der Waals surface area contributed by atoms with Gasteiger partial charge < -0.3 is 10.5 Å². The van der Waals surface area contributed by atoms with E-state index in [0.29, 0.717) is 18.7 Å². The van der Waals surface area contributed by atoms with Crippen LogP contribution in [0.15, 0.2) is 29.6 Å². The monoisotopic (exact) mass is 290 g/mol. The highest BCUT2D eigenvalue weighted by Crippen LogP contribution is 2.34. The first-order valence-electron chi connectivity index (χ1n) is 7.22. The first-order valence-corrected chi connectivity index (χ1v) is 8.10. The van der Waals surface area contributed by atoms with Crippen molar-refractivity contribution in [2.24, 2.45) is 5.73 Å². The molecule has 0 aliphatic carbocycles. The molecule has 0 amide bonds. The molecule has 0 spiro atoms. The number of nitrogens with two attached hydrogens (primary N) is 1. The fraction of sp³-hybridized carbons (Fsp3) is 0.500. The van der Waals surface area contributed by atoms with Crippen LogP contribution in [0, 0.1) is 0 Å². The molecule has 3 unspecified atom stereocenters. The lowest BCUT2D eigenvalue weighted by atomic mass is 10.0. The third-order valence-corrected chi connectivity index (χ3v) is 5.43. The van der Waals surface area contributed by atoms with Crippen LogP contribution in [-0.4, -0.2) is 37.2 Å². The summed E-state index contributed by atoms with van der Waals surface area (Å²) >= 11 is 1.80. The molecule has 2 heterocycles. The van der Waals surface area contributed by atoms with Crippen molar-refractivity contribution in [1.82, 2.24) is 4.90 Å². The van der Waals surface area contributed by atoms with Crippen molar-refractivity contribution >= 4 is 21.4 Å². The van der Waals surface area contributed by atoms with Gasteiger partial charge in [0, 0.05) is 29.9 Å². The largest absolute Gasteiger partial charge is 0.377 e. The second-order valence-electron chi connectivity index (χ2n) is 5.54. The van der Waals surface area contributed by atoms with E-state index >= 15 is 0 Å². The Labute approximate surface area is 124 Å². The lowest BCUT2D eigenvalue weighted by molar-refractivity contribution is 0.0689. The van der Waals surface area contributed by atoms with Crippen LogP contribution < -0.4 is 5.73 Å². The summed E-state index contributed by atoms with van der Waals surface area (Å²) in [5, 5.41) is 3.60. The Morgan fingerprint density at radius 3 is 2.95 bits per heavy atom. The second kappa shape index (κ2) is 5.82. The van der Waals surface area contributed by atoms with Crippen LogP contribution in [0.1, 0.15) is 24.9 Å². The van der Waals surface area contributed by atoms with E-state index in [1.807, 2.05) is 0 Å². The Kier molecular flexibility index (Phi) is 4.08. The fourth-order valence-electron chi connectivity index (χ4n) is 3.26. The number of fused-ring (bicyclic) bond motifs is 1. The molecule has 0 bridgehead atoms. The van der Waals surface area contributed by atoms with Gasteiger partial charge in [-0.05, 0) is 42.8 Å². The van der Waals surface area contributed by atoms with E-state index in [4.69, 9.17) is 10.5 Å². The number of nitrogens with zero attached hydrogens (tertiary/aromatic N) is 1. The van der Waals surface area contributed by atoms with Crippen molar-refractivity contribution in [2.75, 3.05) is 20.2 Å². The van der Waals surface area contributed by atoms with Gasteiger partial charge in [0.25, 0.3) is 0 Å². The van der Waals surface area contributed by atoms with Crippen LogP contribution in [0.25, 0.3) is 10.1 Å². The molecule has 0 saturated carbocycles. The Bertz CT molecular complexity index is 583. The van der Waals surface area contributed by atoms with Crippen molar-refractivity contribution in [3.8, 4) is 0 Å². The summed E-state index contributed by atoms with van der Waals surface area (Å²) in [5.41, 5.74) is 7.45. The van der Waals surface area contributed by atoms with Crippen LogP contribution in [0.3, 0.4) is 0 Å². The van der Waals surface area contributed by atoms with Crippen molar-refractivity contribution in [3.05, 3.63) is 35.2 Å². The molecule has 20 heavy (non-hydrogen) atoms. The summed E-state index contributed by atoms with van der Waals surface area (Å²) in [5.74, 6) is 0. The van der Waals surface area contributed by atoms with Crippen LogP contribution >= 0.6 is 11.3 Å². The third kappa shape index (κ3) is 2.37. The molecule has 3 atom stereocenters. The fourth-order valence-corrected chi connectivity index (χ4v) is 4.26. The zero-order valence-electron chi connectivity index (χ0n) is 12.1. The van der Waals surface area contributed by atoms with E-state index in [1.54, 1.807) is 11.3 Å².